The molecule has 0 radical (unpaired) electrons. The highest BCUT2D eigenvalue weighted by atomic mass is 79.9. The lowest BCUT2D eigenvalue weighted by molar-refractivity contribution is -0.385. The molecule has 3 nitrogen and oxygen atoms in total. The molecule has 0 aliphatic carbocycles. The Morgan fingerprint density at radius 2 is 1.95 bits per heavy atom. The van der Waals surface area contributed by atoms with Crippen molar-refractivity contribution in [3.8, 4) is 0 Å². The van der Waals surface area contributed by atoms with Gasteiger partial charge in [0.15, 0.2) is 0 Å². The molecule has 0 aliphatic rings. The van der Waals surface area contributed by atoms with E-state index in [1.165, 1.54) is 6.07 Å². The van der Waals surface area contributed by atoms with E-state index in [9.17, 15) is 10.1 Å². The third kappa shape index (κ3) is 3.19. The molecule has 2 aromatic carbocycles. The first-order valence-electron chi connectivity index (χ1n) is 6.12. The van der Waals surface area contributed by atoms with Crippen molar-refractivity contribution in [1.29, 1.82) is 0 Å². The molecule has 104 valence electrons. The molecule has 5 heteroatoms. The third-order valence-electron chi connectivity index (χ3n) is 3.23. The Hall–Kier alpha value is -1.39. The zero-order valence-corrected chi connectivity index (χ0v) is 13.2. The molecular formula is C15H13BrClNO2. The maximum absolute atomic E-state index is 11.0. The standard InChI is InChI=1S/C15H13BrClNO2/c1-10-12(6-4-7-13(10)16)14(17)9-11-5-2-3-8-15(11)18(19)20/h2-8,14H,9H2,1H3. The van der Waals surface area contributed by atoms with Crippen molar-refractivity contribution >= 4 is 33.2 Å². The Morgan fingerprint density at radius 3 is 2.65 bits per heavy atom. The van der Waals surface area contributed by atoms with Crippen LogP contribution in [0.2, 0.25) is 0 Å². The Kier molecular flexibility index (Phi) is 4.78. The topological polar surface area (TPSA) is 43.1 Å². The largest absolute Gasteiger partial charge is 0.272 e. The molecule has 0 fully saturated rings. The molecule has 0 aromatic heterocycles. The number of rotatable bonds is 4. The van der Waals surface area contributed by atoms with Gasteiger partial charge >= 0.3 is 0 Å². The van der Waals surface area contributed by atoms with Gasteiger partial charge in [0.2, 0.25) is 0 Å². The van der Waals surface area contributed by atoms with Crippen LogP contribution in [0.4, 0.5) is 5.69 Å². The first-order chi connectivity index (χ1) is 9.50. The van der Waals surface area contributed by atoms with Gasteiger partial charge in [-0.15, -0.1) is 11.6 Å². The smallest absolute Gasteiger partial charge is 0.258 e. The molecule has 0 bridgehead atoms. The summed E-state index contributed by atoms with van der Waals surface area (Å²) in [7, 11) is 0. The van der Waals surface area contributed by atoms with Crippen molar-refractivity contribution in [2.45, 2.75) is 18.7 Å². The zero-order valence-electron chi connectivity index (χ0n) is 10.8. The summed E-state index contributed by atoms with van der Waals surface area (Å²) in [4.78, 5) is 10.6. The molecule has 0 aliphatic heterocycles. The second-order valence-electron chi connectivity index (χ2n) is 4.51. The lowest BCUT2D eigenvalue weighted by Crippen LogP contribution is -2.02. The molecule has 0 N–H and O–H groups in total. The summed E-state index contributed by atoms with van der Waals surface area (Å²) in [5, 5.41) is 10.7. The van der Waals surface area contributed by atoms with E-state index in [4.69, 9.17) is 11.6 Å². The van der Waals surface area contributed by atoms with Gasteiger partial charge < -0.3 is 0 Å². The van der Waals surface area contributed by atoms with Crippen molar-refractivity contribution in [2.24, 2.45) is 0 Å². The number of halogens is 2. The van der Waals surface area contributed by atoms with E-state index in [2.05, 4.69) is 15.9 Å². The summed E-state index contributed by atoms with van der Waals surface area (Å²) >= 11 is 9.92. The number of nitro benzene ring substituents is 1. The van der Waals surface area contributed by atoms with Crippen LogP contribution in [0.3, 0.4) is 0 Å². The minimum atomic E-state index is -0.368. The summed E-state index contributed by atoms with van der Waals surface area (Å²) < 4.78 is 0.989. The molecule has 0 heterocycles. The fourth-order valence-electron chi connectivity index (χ4n) is 2.13. The molecule has 1 unspecified atom stereocenters. The zero-order chi connectivity index (χ0) is 14.7. The predicted molar refractivity (Wildman–Crippen MR) is 84.3 cm³/mol. The number of benzene rings is 2. The first-order valence-corrected chi connectivity index (χ1v) is 7.35. The Balaban J connectivity index is 2.30. The van der Waals surface area contributed by atoms with Crippen molar-refractivity contribution in [3.05, 3.63) is 73.7 Å². The molecule has 0 amide bonds. The number of hydrogen-bond donors (Lipinski definition) is 0. The van der Waals surface area contributed by atoms with Gasteiger partial charge in [-0.2, -0.15) is 0 Å². The van der Waals surface area contributed by atoms with Crippen LogP contribution in [0, 0.1) is 17.0 Å². The summed E-state index contributed by atoms with van der Waals surface area (Å²) in [5.41, 5.74) is 2.81. The van der Waals surface area contributed by atoms with Crippen LogP contribution in [0.15, 0.2) is 46.9 Å². The van der Waals surface area contributed by atoms with E-state index >= 15 is 0 Å². The van der Waals surface area contributed by atoms with Crippen LogP contribution in [0.25, 0.3) is 0 Å². The summed E-state index contributed by atoms with van der Waals surface area (Å²) in [6.07, 6.45) is 0.427. The summed E-state index contributed by atoms with van der Waals surface area (Å²) in [6.45, 7) is 1.98. The second kappa shape index (κ2) is 6.37. The Labute approximate surface area is 130 Å². The fourth-order valence-corrected chi connectivity index (χ4v) is 2.91. The van der Waals surface area contributed by atoms with Crippen LogP contribution < -0.4 is 0 Å². The van der Waals surface area contributed by atoms with Gasteiger partial charge in [0.05, 0.1) is 10.3 Å². The van der Waals surface area contributed by atoms with E-state index in [-0.39, 0.29) is 16.0 Å². The van der Waals surface area contributed by atoms with Crippen molar-refractivity contribution in [2.75, 3.05) is 0 Å². The SMILES string of the molecule is Cc1c(Br)cccc1C(Cl)Cc1ccccc1[N+](=O)[O-]. The van der Waals surface area contributed by atoms with Crippen LogP contribution in [-0.2, 0) is 6.42 Å². The highest BCUT2D eigenvalue weighted by molar-refractivity contribution is 9.10. The van der Waals surface area contributed by atoms with Gasteiger partial charge in [-0.3, -0.25) is 10.1 Å². The van der Waals surface area contributed by atoms with E-state index in [0.717, 1.165) is 15.6 Å². The maximum atomic E-state index is 11.0. The van der Waals surface area contributed by atoms with Crippen molar-refractivity contribution < 1.29 is 4.92 Å². The highest BCUT2D eigenvalue weighted by Crippen LogP contribution is 2.33. The Bertz CT molecular complexity index is 646. The Morgan fingerprint density at radius 1 is 1.25 bits per heavy atom. The van der Waals surface area contributed by atoms with Gasteiger partial charge in [-0.25, -0.2) is 0 Å². The van der Waals surface area contributed by atoms with Crippen molar-refractivity contribution in [1.82, 2.24) is 0 Å². The number of nitrogens with zero attached hydrogens (tertiary/aromatic N) is 1. The molecule has 2 rings (SSSR count). The molecule has 2 aromatic rings. The van der Waals surface area contributed by atoms with E-state index in [1.807, 2.05) is 25.1 Å². The monoisotopic (exact) mass is 353 g/mol. The molecular weight excluding hydrogens is 342 g/mol. The fraction of sp³-hybridized carbons (Fsp3) is 0.200. The van der Waals surface area contributed by atoms with Crippen LogP contribution in [0.5, 0.6) is 0 Å². The van der Waals surface area contributed by atoms with Crippen LogP contribution in [-0.4, -0.2) is 4.92 Å². The molecule has 0 spiro atoms. The number of para-hydroxylation sites is 1. The summed E-state index contributed by atoms with van der Waals surface area (Å²) in [5.74, 6) is 0. The van der Waals surface area contributed by atoms with Gasteiger partial charge in [0.25, 0.3) is 5.69 Å². The van der Waals surface area contributed by atoms with E-state index in [1.54, 1.807) is 18.2 Å². The normalized spacial score (nSPS) is 12.2. The van der Waals surface area contributed by atoms with Gasteiger partial charge in [-0.1, -0.05) is 46.3 Å². The molecule has 1 atom stereocenters. The molecule has 0 saturated heterocycles. The van der Waals surface area contributed by atoms with E-state index < -0.39 is 0 Å². The average molecular weight is 355 g/mol. The van der Waals surface area contributed by atoms with Gasteiger partial charge in [-0.05, 0) is 30.5 Å². The molecule has 0 saturated carbocycles. The average Bonchev–Trinajstić information content (AvgIpc) is 2.42. The third-order valence-corrected chi connectivity index (χ3v) is 4.48. The number of nitro groups is 1. The highest BCUT2D eigenvalue weighted by Gasteiger charge is 2.18. The molecule has 20 heavy (non-hydrogen) atoms. The summed E-state index contributed by atoms with van der Waals surface area (Å²) in [6, 6.07) is 12.5. The first kappa shape index (κ1) is 15.0. The predicted octanol–water partition coefficient (Wildman–Crippen LogP) is 5.19. The number of hydrogen-bond acceptors (Lipinski definition) is 2. The maximum Gasteiger partial charge on any atom is 0.272 e. The minimum absolute atomic E-state index is 0.116. The lowest BCUT2D eigenvalue weighted by atomic mass is 9.99. The van der Waals surface area contributed by atoms with Gasteiger partial charge in [0.1, 0.15) is 0 Å². The number of alkyl halides is 1. The second-order valence-corrected chi connectivity index (χ2v) is 5.89. The lowest BCUT2D eigenvalue weighted by Gasteiger charge is -2.14. The van der Waals surface area contributed by atoms with Crippen LogP contribution >= 0.6 is 27.5 Å². The van der Waals surface area contributed by atoms with Crippen molar-refractivity contribution in [3.63, 3.8) is 0 Å². The quantitative estimate of drug-likeness (QED) is 0.431. The van der Waals surface area contributed by atoms with E-state index in [0.29, 0.717) is 12.0 Å². The van der Waals surface area contributed by atoms with Crippen LogP contribution in [0.1, 0.15) is 22.1 Å². The minimum Gasteiger partial charge on any atom is -0.258 e. The van der Waals surface area contributed by atoms with Gasteiger partial charge in [0, 0.05) is 16.1 Å².